The number of benzene rings is 2. The number of carboxylic acids is 1. The summed E-state index contributed by atoms with van der Waals surface area (Å²) in [4.78, 5) is 21.3. The van der Waals surface area contributed by atoms with Crippen molar-refractivity contribution in [3.8, 4) is 5.75 Å². The highest BCUT2D eigenvalue weighted by Crippen LogP contribution is 2.31. The van der Waals surface area contributed by atoms with E-state index in [-0.39, 0.29) is 12.1 Å². The lowest BCUT2D eigenvalue weighted by Gasteiger charge is -2.09. The second-order valence-corrected chi connectivity index (χ2v) is 3.99. The third-order valence-electron chi connectivity index (χ3n) is 2.80. The lowest BCUT2D eigenvalue weighted by atomic mass is 10.0. The molecular formula is C13H11NO5. The smallest absolute Gasteiger partial charge is 0.307 e. The minimum Gasteiger partial charge on any atom is -0.496 e. The second kappa shape index (κ2) is 4.93. The van der Waals surface area contributed by atoms with Crippen LogP contribution >= 0.6 is 0 Å². The number of hydrogen-bond acceptors (Lipinski definition) is 4. The number of rotatable bonds is 4. The number of nitro benzene ring substituents is 1. The van der Waals surface area contributed by atoms with Crippen LogP contribution < -0.4 is 4.74 Å². The van der Waals surface area contributed by atoms with Crippen molar-refractivity contribution in [2.45, 2.75) is 6.42 Å². The molecule has 0 aromatic heterocycles. The molecule has 0 radical (unpaired) electrons. The van der Waals surface area contributed by atoms with Crippen LogP contribution in [0.5, 0.6) is 5.75 Å². The van der Waals surface area contributed by atoms with Gasteiger partial charge in [0.25, 0.3) is 5.69 Å². The number of nitro groups is 1. The van der Waals surface area contributed by atoms with Gasteiger partial charge in [-0.1, -0.05) is 12.1 Å². The van der Waals surface area contributed by atoms with E-state index >= 15 is 0 Å². The zero-order chi connectivity index (χ0) is 14.0. The number of carbonyl (C=O) groups is 1. The minimum absolute atomic E-state index is 0.0493. The molecule has 0 aliphatic heterocycles. The van der Waals surface area contributed by atoms with E-state index in [4.69, 9.17) is 9.84 Å². The number of fused-ring (bicyclic) bond motifs is 1. The molecule has 0 amide bonds. The molecule has 2 rings (SSSR count). The van der Waals surface area contributed by atoms with Crippen LogP contribution in [0, 0.1) is 10.1 Å². The largest absolute Gasteiger partial charge is 0.496 e. The average Bonchev–Trinajstić information content (AvgIpc) is 2.36. The predicted molar refractivity (Wildman–Crippen MR) is 68.5 cm³/mol. The van der Waals surface area contributed by atoms with Crippen molar-refractivity contribution < 1.29 is 19.6 Å². The third kappa shape index (κ3) is 2.47. The van der Waals surface area contributed by atoms with Crippen molar-refractivity contribution in [1.29, 1.82) is 0 Å². The molecule has 0 bridgehead atoms. The van der Waals surface area contributed by atoms with Crippen LogP contribution in [0.2, 0.25) is 0 Å². The molecular weight excluding hydrogens is 250 g/mol. The second-order valence-electron chi connectivity index (χ2n) is 3.99. The van der Waals surface area contributed by atoms with E-state index in [1.165, 1.54) is 19.2 Å². The van der Waals surface area contributed by atoms with Gasteiger partial charge in [-0.05, 0) is 17.5 Å². The van der Waals surface area contributed by atoms with E-state index in [0.717, 1.165) is 0 Å². The molecule has 6 nitrogen and oxygen atoms in total. The van der Waals surface area contributed by atoms with Gasteiger partial charge in [0, 0.05) is 11.6 Å². The maximum absolute atomic E-state index is 11.0. The summed E-state index contributed by atoms with van der Waals surface area (Å²) in [6, 6.07) is 7.80. The summed E-state index contributed by atoms with van der Waals surface area (Å²) in [6.45, 7) is 0. The first-order valence-electron chi connectivity index (χ1n) is 5.48. The predicted octanol–water partition coefficient (Wildman–Crippen LogP) is 2.38. The van der Waals surface area contributed by atoms with Crippen LogP contribution in [0.1, 0.15) is 5.56 Å². The van der Waals surface area contributed by atoms with Gasteiger partial charge in [-0.2, -0.15) is 0 Å². The van der Waals surface area contributed by atoms with Gasteiger partial charge in [-0.15, -0.1) is 0 Å². The highest BCUT2D eigenvalue weighted by atomic mass is 16.6. The molecule has 2 aromatic rings. The number of carboxylic acid groups (broad SMARTS) is 1. The van der Waals surface area contributed by atoms with Crippen LogP contribution in [-0.2, 0) is 11.2 Å². The first-order valence-corrected chi connectivity index (χ1v) is 5.48. The Morgan fingerprint density at radius 1 is 1.42 bits per heavy atom. The highest BCUT2D eigenvalue weighted by molar-refractivity contribution is 5.93. The Hall–Kier alpha value is -2.63. The van der Waals surface area contributed by atoms with Crippen LogP contribution in [0.3, 0.4) is 0 Å². The van der Waals surface area contributed by atoms with Gasteiger partial charge in [0.05, 0.1) is 23.8 Å². The Labute approximate surface area is 108 Å². The summed E-state index contributed by atoms with van der Waals surface area (Å²) in [5.41, 5.74) is 0.364. The Bertz CT molecular complexity index is 665. The molecule has 19 heavy (non-hydrogen) atoms. The average molecular weight is 261 g/mol. The topological polar surface area (TPSA) is 89.7 Å². The van der Waals surface area contributed by atoms with Crippen molar-refractivity contribution >= 4 is 22.4 Å². The van der Waals surface area contributed by atoms with Crippen LogP contribution in [-0.4, -0.2) is 23.1 Å². The first-order chi connectivity index (χ1) is 9.02. The van der Waals surface area contributed by atoms with Crippen molar-refractivity contribution in [2.75, 3.05) is 7.11 Å². The van der Waals surface area contributed by atoms with Gasteiger partial charge in [-0.25, -0.2) is 0 Å². The molecule has 98 valence electrons. The Balaban J connectivity index is 2.71. The summed E-state index contributed by atoms with van der Waals surface area (Å²) in [5.74, 6) is -0.605. The van der Waals surface area contributed by atoms with E-state index in [1.807, 2.05) is 0 Å². The molecule has 0 aliphatic rings. The molecule has 0 spiro atoms. The maximum Gasteiger partial charge on any atom is 0.307 e. The zero-order valence-corrected chi connectivity index (χ0v) is 10.1. The summed E-state index contributed by atoms with van der Waals surface area (Å²) < 4.78 is 5.12. The van der Waals surface area contributed by atoms with Crippen molar-refractivity contribution in [3.05, 3.63) is 46.0 Å². The van der Waals surface area contributed by atoms with Crippen LogP contribution in [0.25, 0.3) is 10.8 Å². The number of hydrogen-bond donors (Lipinski definition) is 1. The number of non-ortho nitro benzene ring substituents is 1. The number of ether oxygens (including phenoxy) is 1. The summed E-state index contributed by atoms with van der Waals surface area (Å²) in [7, 11) is 1.43. The molecule has 1 N–H and O–H groups in total. The molecule has 0 heterocycles. The third-order valence-corrected chi connectivity index (χ3v) is 2.80. The molecule has 0 unspecified atom stereocenters. The van der Waals surface area contributed by atoms with E-state index in [9.17, 15) is 14.9 Å². The lowest BCUT2D eigenvalue weighted by molar-refractivity contribution is -0.383. The lowest BCUT2D eigenvalue weighted by Crippen LogP contribution is -2.02. The molecule has 2 aromatic carbocycles. The quantitative estimate of drug-likeness (QED) is 0.674. The maximum atomic E-state index is 11.0. The Morgan fingerprint density at radius 2 is 2.16 bits per heavy atom. The van der Waals surface area contributed by atoms with Gasteiger partial charge >= 0.3 is 5.97 Å². The number of aliphatic carboxylic acids is 1. The fourth-order valence-corrected chi connectivity index (χ4v) is 1.98. The summed E-state index contributed by atoms with van der Waals surface area (Å²) in [6.07, 6.45) is -0.245. The van der Waals surface area contributed by atoms with E-state index in [1.54, 1.807) is 18.2 Å². The van der Waals surface area contributed by atoms with E-state index < -0.39 is 10.9 Å². The molecule has 6 heteroatoms. The standard InChI is InChI=1S/C13H11NO5/c1-19-12-6-8-3-2-4-11(14(17)18)10(8)5-9(12)7-13(15)16/h2-6H,7H2,1H3,(H,15,16). The SMILES string of the molecule is COc1cc2cccc([N+](=O)[O-])c2cc1CC(=O)O. The first kappa shape index (κ1) is 12.8. The van der Waals surface area contributed by atoms with Crippen molar-refractivity contribution in [1.82, 2.24) is 0 Å². The van der Waals surface area contributed by atoms with E-state index in [2.05, 4.69) is 0 Å². The highest BCUT2D eigenvalue weighted by Gasteiger charge is 2.15. The van der Waals surface area contributed by atoms with Crippen LogP contribution in [0.15, 0.2) is 30.3 Å². The van der Waals surface area contributed by atoms with Crippen molar-refractivity contribution in [3.63, 3.8) is 0 Å². The summed E-state index contributed by atoms with van der Waals surface area (Å²) in [5, 5.41) is 20.9. The van der Waals surface area contributed by atoms with Gasteiger partial charge in [-0.3, -0.25) is 14.9 Å². The van der Waals surface area contributed by atoms with Gasteiger partial charge in [0.1, 0.15) is 5.75 Å². The fourth-order valence-electron chi connectivity index (χ4n) is 1.98. The van der Waals surface area contributed by atoms with Crippen LogP contribution in [0.4, 0.5) is 5.69 Å². The number of nitrogens with zero attached hydrogens (tertiary/aromatic N) is 1. The minimum atomic E-state index is -1.02. The van der Waals surface area contributed by atoms with Gasteiger partial charge in [0.2, 0.25) is 0 Å². The summed E-state index contributed by atoms with van der Waals surface area (Å²) >= 11 is 0. The van der Waals surface area contributed by atoms with E-state index in [0.29, 0.717) is 22.1 Å². The molecule has 0 saturated heterocycles. The van der Waals surface area contributed by atoms with Gasteiger partial charge in [0.15, 0.2) is 0 Å². The molecule has 0 saturated carbocycles. The normalized spacial score (nSPS) is 10.4. The zero-order valence-electron chi connectivity index (χ0n) is 10.1. The van der Waals surface area contributed by atoms with Gasteiger partial charge < -0.3 is 9.84 Å². The molecule has 0 atom stereocenters. The Kier molecular flexibility index (Phi) is 3.33. The number of methoxy groups -OCH3 is 1. The molecule has 0 fully saturated rings. The fraction of sp³-hybridized carbons (Fsp3) is 0.154. The van der Waals surface area contributed by atoms with Crippen molar-refractivity contribution in [2.24, 2.45) is 0 Å². The monoisotopic (exact) mass is 261 g/mol. The molecule has 0 aliphatic carbocycles. The Morgan fingerprint density at radius 3 is 2.74 bits per heavy atom.